The molecule has 1 aliphatic heterocycles. The summed E-state index contributed by atoms with van der Waals surface area (Å²) in [7, 11) is 0. The van der Waals surface area contributed by atoms with E-state index in [1.807, 2.05) is 23.7 Å². The van der Waals surface area contributed by atoms with Gasteiger partial charge in [0.15, 0.2) is 5.82 Å². The van der Waals surface area contributed by atoms with Gasteiger partial charge in [-0.25, -0.2) is 0 Å². The van der Waals surface area contributed by atoms with Crippen molar-refractivity contribution in [1.82, 2.24) is 20.5 Å². The molecule has 1 aromatic carbocycles. The lowest BCUT2D eigenvalue weighted by Gasteiger charge is -2.07. The summed E-state index contributed by atoms with van der Waals surface area (Å²) in [6.45, 7) is 0. The molecule has 0 fully saturated rings. The Morgan fingerprint density at radius 1 is 1.32 bits per heavy atom. The average Bonchev–Trinajstić information content (AvgIpc) is 3.19. The number of thioether (sulfide) groups is 1. The van der Waals surface area contributed by atoms with Gasteiger partial charge >= 0.3 is 0 Å². The molecule has 1 unspecified atom stereocenters. The highest BCUT2D eigenvalue weighted by Gasteiger charge is 2.13. The van der Waals surface area contributed by atoms with Crippen LogP contribution in [-0.4, -0.2) is 31.4 Å². The minimum absolute atomic E-state index is 0.0318. The van der Waals surface area contributed by atoms with E-state index in [4.69, 9.17) is 5.41 Å². The van der Waals surface area contributed by atoms with Crippen molar-refractivity contribution in [3.05, 3.63) is 59.2 Å². The Balaban J connectivity index is 1.61. The number of phenols is 1. The molecule has 0 bridgehead atoms. The van der Waals surface area contributed by atoms with Crippen LogP contribution in [-0.2, 0) is 6.42 Å². The summed E-state index contributed by atoms with van der Waals surface area (Å²) in [4.78, 5) is 3.11. The van der Waals surface area contributed by atoms with Crippen LogP contribution < -0.4 is 5.32 Å². The fraction of sp³-hybridized carbons (Fsp3) is 0.133. The summed E-state index contributed by atoms with van der Waals surface area (Å²) < 4.78 is 0. The lowest BCUT2D eigenvalue weighted by atomic mass is 10.1. The van der Waals surface area contributed by atoms with E-state index in [2.05, 4.69) is 20.5 Å². The monoisotopic (exact) mass is 313 g/mol. The van der Waals surface area contributed by atoms with Crippen LogP contribution in [0.4, 0.5) is 0 Å². The lowest BCUT2D eigenvalue weighted by Crippen LogP contribution is -2.24. The second kappa shape index (κ2) is 6.48. The topological polar surface area (TPSA) is 97.7 Å². The maximum absolute atomic E-state index is 9.26. The van der Waals surface area contributed by atoms with E-state index in [0.29, 0.717) is 18.0 Å². The second-order valence-electron chi connectivity index (χ2n) is 4.77. The number of hydrogen-bond donors (Lipinski definition) is 4. The first-order chi connectivity index (χ1) is 10.7. The van der Waals surface area contributed by atoms with Gasteiger partial charge in [0.25, 0.3) is 0 Å². The molecule has 7 heteroatoms. The molecule has 6 nitrogen and oxygen atoms in total. The summed E-state index contributed by atoms with van der Waals surface area (Å²) in [5.74, 6) is 1.61. The molecule has 0 radical (unpaired) electrons. The van der Waals surface area contributed by atoms with Gasteiger partial charge in [-0.2, -0.15) is 0 Å². The molecule has 3 rings (SSSR count). The second-order valence-corrected chi connectivity index (χ2v) is 5.79. The van der Waals surface area contributed by atoms with Crippen LogP contribution in [0.25, 0.3) is 6.08 Å². The van der Waals surface area contributed by atoms with E-state index in [1.165, 1.54) is 0 Å². The molecular formula is C15H15N5OS. The Morgan fingerprint density at radius 3 is 2.86 bits per heavy atom. The first-order valence-electron chi connectivity index (χ1n) is 6.73. The fourth-order valence-electron chi connectivity index (χ4n) is 1.98. The highest BCUT2D eigenvalue weighted by molar-refractivity contribution is 8.03. The van der Waals surface area contributed by atoms with Crippen molar-refractivity contribution in [2.75, 3.05) is 0 Å². The molecule has 0 saturated carbocycles. The fourth-order valence-corrected chi connectivity index (χ4v) is 2.67. The van der Waals surface area contributed by atoms with Crippen molar-refractivity contribution in [3.63, 3.8) is 0 Å². The quantitative estimate of drug-likeness (QED) is 0.635. The molecule has 2 aromatic rings. The minimum Gasteiger partial charge on any atom is -0.508 e. The van der Waals surface area contributed by atoms with Crippen molar-refractivity contribution < 1.29 is 5.11 Å². The zero-order valence-corrected chi connectivity index (χ0v) is 12.5. The van der Waals surface area contributed by atoms with E-state index >= 15 is 0 Å². The zero-order valence-electron chi connectivity index (χ0n) is 11.7. The molecule has 0 saturated heterocycles. The van der Waals surface area contributed by atoms with E-state index in [0.717, 1.165) is 11.4 Å². The Bertz CT molecular complexity index is 712. The molecule has 4 N–H and O–H groups in total. The van der Waals surface area contributed by atoms with Gasteiger partial charge in [-0.15, -0.1) is 22.0 Å². The highest BCUT2D eigenvalue weighted by Crippen LogP contribution is 2.17. The normalized spacial score (nSPS) is 17.0. The summed E-state index contributed by atoms with van der Waals surface area (Å²) in [5, 5.41) is 30.3. The molecule has 0 aliphatic carbocycles. The maximum atomic E-state index is 9.26. The third-order valence-electron chi connectivity index (χ3n) is 3.09. The number of nitrogens with zero attached hydrogens (tertiary/aromatic N) is 2. The Morgan fingerprint density at radius 2 is 2.14 bits per heavy atom. The van der Waals surface area contributed by atoms with Gasteiger partial charge in [-0.1, -0.05) is 12.1 Å². The van der Waals surface area contributed by atoms with Crippen LogP contribution >= 0.6 is 11.8 Å². The first kappa shape index (κ1) is 14.4. The highest BCUT2D eigenvalue weighted by atomic mass is 32.2. The number of rotatable bonds is 5. The predicted octanol–water partition coefficient (Wildman–Crippen LogP) is 2.27. The van der Waals surface area contributed by atoms with Gasteiger partial charge in [0.1, 0.15) is 16.9 Å². The number of aromatic nitrogens is 3. The zero-order chi connectivity index (χ0) is 15.4. The molecule has 1 aromatic heterocycles. The molecular weight excluding hydrogens is 298 g/mol. The molecule has 2 heterocycles. The number of benzene rings is 1. The Hall–Kier alpha value is -2.54. The minimum atomic E-state index is -0.0318. The SMILES string of the molecule is N=C(/C=C\c1nnc(Cc2ccc(O)cc2)[nH]1)C1NC=CS1. The summed E-state index contributed by atoms with van der Waals surface area (Å²) in [6.07, 6.45) is 5.91. The molecule has 22 heavy (non-hydrogen) atoms. The standard InChI is InChI=1S/C15H15N5OS/c16-12(15-17-7-8-22-15)5-6-13-18-14(20-19-13)9-10-1-3-11(21)4-2-10/h1-8,15-17,21H,9H2,(H,18,19,20)/b6-5-,16-12?. The maximum Gasteiger partial charge on any atom is 0.154 e. The van der Waals surface area contributed by atoms with E-state index < -0.39 is 0 Å². The van der Waals surface area contributed by atoms with Crippen molar-refractivity contribution in [2.24, 2.45) is 0 Å². The number of hydrogen-bond acceptors (Lipinski definition) is 6. The Labute approximate surface area is 131 Å². The third-order valence-corrected chi connectivity index (χ3v) is 4.05. The Kier molecular flexibility index (Phi) is 4.24. The van der Waals surface area contributed by atoms with Crippen LogP contribution in [0.5, 0.6) is 5.75 Å². The molecule has 1 atom stereocenters. The number of phenolic OH excluding ortho intramolecular Hbond substituents is 1. The van der Waals surface area contributed by atoms with Gasteiger partial charge in [0, 0.05) is 12.6 Å². The average molecular weight is 313 g/mol. The first-order valence-corrected chi connectivity index (χ1v) is 7.67. The van der Waals surface area contributed by atoms with E-state index in [9.17, 15) is 5.11 Å². The summed E-state index contributed by atoms with van der Waals surface area (Å²) in [6, 6.07) is 6.99. The third kappa shape index (κ3) is 3.56. The van der Waals surface area contributed by atoms with Gasteiger partial charge in [-0.05, 0) is 35.3 Å². The van der Waals surface area contributed by atoms with Gasteiger partial charge in [0.2, 0.25) is 0 Å². The lowest BCUT2D eigenvalue weighted by molar-refractivity contribution is 0.475. The van der Waals surface area contributed by atoms with Gasteiger partial charge in [0.05, 0.1) is 5.71 Å². The van der Waals surface area contributed by atoms with Gasteiger partial charge in [-0.3, -0.25) is 0 Å². The number of H-pyrrole nitrogens is 1. The number of aromatic hydroxyl groups is 1. The smallest absolute Gasteiger partial charge is 0.154 e. The summed E-state index contributed by atoms with van der Waals surface area (Å²) in [5.41, 5.74) is 1.52. The van der Waals surface area contributed by atoms with Crippen molar-refractivity contribution in [1.29, 1.82) is 5.41 Å². The molecule has 0 amide bonds. The van der Waals surface area contributed by atoms with Crippen LogP contribution in [0.2, 0.25) is 0 Å². The van der Waals surface area contributed by atoms with Crippen LogP contribution in [0.15, 0.2) is 41.9 Å². The van der Waals surface area contributed by atoms with Crippen LogP contribution in [0.3, 0.4) is 0 Å². The predicted molar refractivity (Wildman–Crippen MR) is 87.7 cm³/mol. The largest absolute Gasteiger partial charge is 0.508 e. The molecule has 112 valence electrons. The summed E-state index contributed by atoms with van der Waals surface area (Å²) >= 11 is 1.56. The molecule has 0 spiro atoms. The van der Waals surface area contributed by atoms with E-state index in [-0.39, 0.29) is 11.1 Å². The van der Waals surface area contributed by atoms with E-state index in [1.54, 1.807) is 36.0 Å². The van der Waals surface area contributed by atoms with Crippen LogP contribution in [0.1, 0.15) is 17.2 Å². The van der Waals surface area contributed by atoms with Crippen molar-refractivity contribution >= 4 is 23.5 Å². The van der Waals surface area contributed by atoms with Crippen molar-refractivity contribution in [3.8, 4) is 5.75 Å². The van der Waals surface area contributed by atoms with Crippen LogP contribution in [0, 0.1) is 5.41 Å². The van der Waals surface area contributed by atoms with Crippen molar-refractivity contribution in [2.45, 2.75) is 11.8 Å². The molecule has 1 aliphatic rings. The number of aromatic amines is 1. The van der Waals surface area contributed by atoms with Gasteiger partial charge < -0.3 is 20.8 Å². The number of nitrogens with one attached hydrogen (secondary N) is 3.